The lowest BCUT2D eigenvalue weighted by Gasteiger charge is -2.28. The number of carbonyl (C=O) groups is 2. The Kier molecular flexibility index (Phi) is 4.74. The molecular formula is C20H25NO5. The number of amides is 1. The van der Waals surface area contributed by atoms with Crippen LogP contribution in [0.4, 0.5) is 0 Å². The lowest BCUT2D eigenvalue weighted by atomic mass is 9.81. The largest absolute Gasteiger partial charge is 0.486 e. The molecule has 2 N–H and O–H groups in total. The van der Waals surface area contributed by atoms with E-state index in [1.54, 1.807) is 0 Å². The Bertz CT molecular complexity index is 691. The van der Waals surface area contributed by atoms with Crippen molar-refractivity contribution in [1.29, 1.82) is 0 Å². The molecule has 6 heteroatoms. The van der Waals surface area contributed by atoms with Gasteiger partial charge in [0.1, 0.15) is 13.2 Å². The number of carbonyl (C=O) groups excluding carboxylic acids is 1. The number of fused-ring (bicyclic) bond motifs is 1. The summed E-state index contributed by atoms with van der Waals surface area (Å²) in [6.07, 6.45) is 4.72. The molecule has 0 saturated heterocycles. The van der Waals surface area contributed by atoms with E-state index in [9.17, 15) is 9.59 Å². The Morgan fingerprint density at radius 3 is 2.27 bits per heavy atom. The van der Waals surface area contributed by atoms with Gasteiger partial charge in [-0.2, -0.15) is 0 Å². The third kappa shape index (κ3) is 3.64. The molecule has 1 amide bonds. The van der Waals surface area contributed by atoms with Gasteiger partial charge in [0.15, 0.2) is 11.5 Å². The Labute approximate surface area is 152 Å². The van der Waals surface area contributed by atoms with E-state index >= 15 is 0 Å². The first-order chi connectivity index (χ1) is 12.6. The van der Waals surface area contributed by atoms with E-state index in [1.165, 1.54) is 0 Å². The Hall–Kier alpha value is -2.24. The van der Waals surface area contributed by atoms with Crippen LogP contribution in [0, 0.1) is 17.8 Å². The summed E-state index contributed by atoms with van der Waals surface area (Å²) in [4.78, 5) is 23.9. The molecule has 140 valence electrons. The number of carboxylic acid groups (broad SMARTS) is 1. The van der Waals surface area contributed by atoms with E-state index in [1.807, 2.05) is 18.2 Å². The monoisotopic (exact) mass is 359 g/mol. The summed E-state index contributed by atoms with van der Waals surface area (Å²) in [5, 5.41) is 12.3. The van der Waals surface area contributed by atoms with E-state index in [0.717, 1.165) is 29.9 Å². The summed E-state index contributed by atoms with van der Waals surface area (Å²) in [6.45, 7) is 1.11. The van der Waals surface area contributed by atoms with E-state index in [2.05, 4.69) is 5.32 Å². The van der Waals surface area contributed by atoms with E-state index in [-0.39, 0.29) is 23.8 Å². The molecule has 3 aliphatic rings. The van der Waals surface area contributed by atoms with Crippen molar-refractivity contribution in [2.45, 2.75) is 44.6 Å². The standard InChI is InChI=1S/C20H25NO5/c22-19(13-3-5-14(6-4-13)20(23)24)21-18(12-1-2-12)15-7-8-16-17(11-15)26-10-9-25-16/h7-8,11-14,18H,1-6,9-10H2,(H,21,22)(H,23,24). The number of carboxylic acids is 1. The molecule has 2 aliphatic carbocycles. The minimum absolute atomic E-state index is 0.00414. The minimum atomic E-state index is -0.740. The van der Waals surface area contributed by atoms with Gasteiger partial charge in [0.2, 0.25) is 5.91 Å². The van der Waals surface area contributed by atoms with Crippen LogP contribution < -0.4 is 14.8 Å². The van der Waals surface area contributed by atoms with Gasteiger partial charge >= 0.3 is 5.97 Å². The van der Waals surface area contributed by atoms with Crippen LogP contribution >= 0.6 is 0 Å². The fourth-order valence-corrected chi connectivity index (χ4v) is 4.03. The van der Waals surface area contributed by atoms with E-state index in [0.29, 0.717) is 44.8 Å². The maximum absolute atomic E-state index is 12.8. The van der Waals surface area contributed by atoms with Gasteiger partial charge in [-0.1, -0.05) is 6.07 Å². The van der Waals surface area contributed by atoms with Crippen LogP contribution in [0.15, 0.2) is 18.2 Å². The van der Waals surface area contributed by atoms with Crippen LogP contribution in [-0.4, -0.2) is 30.2 Å². The maximum atomic E-state index is 12.8. The molecule has 1 aliphatic heterocycles. The maximum Gasteiger partial charge on any atom is 0.306 e. The van der Waals surface area contributed by atoms with Crippen LogP contribution in [-0.2, 0) is 9.59 Å². The van der Waals surface area contributed by atoms with Gasteiger partial charge in [0.25, 0.3) is 0 Å². The van der Waals surface area contributed by atoms with Crippen molar-refractivity contribution >= 4 is 11.9 Å². The van der Waals surface area contributed by atoms with Gasteiger partial charge in [-0.3, -0.25) is 9.59 Å². The topological polar surface area (TPSA) is 84.9 Å². The molecule has 4 rings (SSSR count). The zero-order chi connectivity index (χ0) is 18.1. The third-order valence-electron chi connectivity index (χ3n) is 5.76. The van der Waals surface area contributed by atoms with Crippen LogP contribution in [0.3, 0.4) is 0 Å². The van der Waals surface area contributed by atoms with Crippen LogP contribution in [0.5, 0.6) is 11.5 Å². The van der Waals surface area contributed by atoms with E-state index < -0.39 is 5.97 Å². The lowest BCUT2D eigenvalue weighted by molar-refractivity contribution is -0.144. The number of hydrogen-bond donors (Lipinski definition) is 2. The second-order valence-electron chi connectivity index (χ2n) is 7.61. The van der Waals surface area contributed by atoms with Gasteiger partial charge in [0.05, 0.1) is 12.0 Å². The highest BCUT2D eigenvalue weighted by Gasteiger charge is 2.36. The van der Waals surface area contributed by atoms with Gasteiger partial charge in [-0.25, -0.2) is 0 Å². The first-order valence-corrected chi connectivity index (χ1v) is 9.54. The van der Waals surface area contributed by atoms with Crippen molar-refractivity contribution in [1.82, 2.24) is 5.32 Å². The molecule has 6 nitrogen and oxygen atoms in total. The molecule has 1 heterocycles. The average Bonchev–Trinajstić information content (AvgIpc) is 3.50. The van der Waals surface area contributed by atoms with Crippen molar-refractivity contribution in [3.05, 3.63) is 23.8 Å². The molecule has 1 aromatic rings. The van der Waals surface area contributed by atoms with Crippen LogP contribution in [0.25, 0.3) is 0 Å². The molecule has 2 saturated carbocycles. The van der Waals surface area contributed by atoms with Crippen molar-refractivity contribution in [3.8, 4) is 11.5 Å². The smallest absolute Gasteiger partial charge is 0.306 e. The first kappa shape index (κ1) is 17.2. The SMILES string of the molecule is O=C(O)C1CCC(C(=O)NC(c2ccc3c(c2)OCCO3)C2CC2)CC1. The summed E-state index contributed by atoms with van der Waals surface area (Å²) in [5.41, 5.74) is 1.06. The highest BCUT2D eigenvalue weighted by molar-refractivity contribution is 5.80. The zero-order valence-electron chi connectivity index (χ0n) is 14.8. The van der Waals surface area contributed by atoms with Gasteiger partial charge < -0.3 is 19.9 Å². The first-order valence-electron chi connectivity index (χ1n) is 9.54. The molecular weight excluding hydrogens is 334 g/mol. The summed E-state index contributed by atoms with van der Waals surface area (Å²) >= 11 is 0. The molecule has 0 aromatic heterocycles. The third-order valence-corrected chi connectivity index (χ3v) is 5.76. The molecule has 0 radical (unpaired) electrons. The number of nitrogens with one attached hydrogen (secondary N) is 1. The second-order valence-corrected chi connectivity index (χ2v) is 7.61. The van der Waals surface area contributed by atoms with Gasteiger partial charge in [-0.15, -0.1) is 0 Å². The van der Waals surface area contributed by atoms with Gasteiger partial charge in [-0.05, 0) is 62.1 Å². The van der Waals surface area contributed by atoms with Crippen molar-refractivity contribution in [2.24, 2.45) is 17.8 Å². The number of rotatable bonds is 5. The van der Waals surface area contributed by atoms with E-state index in [4.69, 9.17) is 14.6 Å². The molecule has 2 fully saturated rings. The average molecular weight is 359 g/mol. The summed E-state index contributed by atoms with van der Waals surface area (Å²) in [5.74, 6) is 0.914. The molecule has 0 spiro atoms. The highest BCUT2D eigenvalue weighted by atomic mass is 16.6. The van der Waals surface area contributed by atoms with Gasteiger partial charge in [0, 0.05) is 5.92 Å². The predicted octanol–water partition coefficient (Wildman–Crippen LogP) is 2.92. The Morgan fingerprint density at radius 2 is 1.62 bits per heavy atom. The molecule has 1 unspecified atom stereocenters. The predicted molar refractivity (Wildman–Crippen MR) is 94.1 cm³/mol. The summed E-state index contributed by atoms with van der Waals surface area (Å²) in [7, 11) is 0. The zero-order valence-corrected chi connectivity index (χ0v) is 14.8. The Morgan fingerprint density at radius 1 is 0.962 bits per heavy atom. The molecule has 0 bridgehead atoms. The lowest BCUT2D eigenvalue weighted by Crippen LogP contribution is -2.37. The van der Waals surface area contributed by atoms with Crippen LogP contribution in [0.2, 0.25) is 0 Å². The Balaban J connectivity index is 1.43. The molecule has 1 atom stereocenters. The number of ether oxygens (including phenoxy) is 2. The molecule has 26 heavy (non-hydrogen) atoms. The van der Waals surface area contributed by atoms with Crippen molar-refractivity contribution in [3.63, 3.8) is 0 Å². The fourth-order valence-electron chi connectivity index (χ4n) is 4.03. The highest BCUT2D eigenvalue weighted by Crippen LogP contribution is 2.43. The number of hydrogen-bond acceptors (Lipinski definition) is 4. The number of benzene rings is 1. The normalized spacial score (nSPS) is 26.0. The van der Waals surface area contributed by atoms with Crippen LogP contribution in [0.1, 0.15) is 50.1 Å². The fraction of sp³-hybridized carbons (Fsp3) is 0.600. The number of aliphatic carboxylic acids is 1. The quantitative estimate of drug-likeness (QED) is 0.844. The van der Waals surface area contributed by atoms with Crippen molar-refractivity contribution in [2.75, 3.05) is 13.2 Å². The second kappa shape index (κ2) is 7.17. The summed E-state index contributed by atoms with van der Waals surface area (Å²) in [6, 6.07) is 5.91. The molecule has 1 aromatic carbocycles. The minimum Gasteiger partial charge on any atom is -0.486 e. The summed E-state index contributed by atoms with van der Waals surface area (Å²) < 4.78 is 11.3. The van der Waals surface area contributed by atoms with Crippen molar-refractivity contribution < 1.29 is 24.2 Å².